The minimum absolute atomic E-state index is 0.116. The number of primary amides is 1. The number of aryl methyl sites for hydroxylation is 1. The normalized spacial score (nSPS) is 19.6. The topological polar surface area (TPSA) is 110 Å². The Kier molecular flexibility index (Phi) is 5.64. The lowest BCUT2D eigenvalue weighted by atomic mass is 10.1. The third-order valence-corrected chi connectivity index (χ3v) is 4.80. The number of hydrogen-bond donors (Lipinski definition) is 2. The van der Waals surface area contributed by atoms with Crippen LogP contribution in [0.5, 0.6) is 0 Å². The van der Waals surface area contributed by atoms with Crippen molar-refractivity contribution in [1.29, 1.82) is 0 Å². The minimum atomic E-state index is -0.822. The molecule has 1 aromatic carbocycles. The van der Waals surface area contributed by atoms with E-state index < -0.39 is 12.0 Å². The molecule has 9 heteroatoms. The number of halogens is 1. The third-order valence-electron chi connectivity index (χ3n) is 4.80. The third kappa shape index (κ3) is 4.14. The first-order valence-electron chi connectivity index (χ1n) is 9.05. The molecule has 0 radical (unpaired) electrons. The summed E-state index contributed by atoms with van der Waals surface area (Å²) >= 11 is 0. The van der Waals surface area contributed by atoms with E-state index in [0.717, 1.165) is 0 Å². The number of nitrogens with one attached hydrogen (secondary N) is 1. The van der Waals surface area contributed by atoms with Gasteiger partial charge >= 0.3 is 0 Å². The predicted molar refractivity (Wildman–Crippen MR) is 99.5 cm³/mol. The number of rotatable bonds is 5. The standard InChI is InChI=1S/C19H23FN4O4/c1-11-9-23(10-16(28-11)18(21)26)17(25)8-7-15-12(2)22-24(19(15)27)14-5-3-13(20)4-6-14/h3-6,11,16,22H,7-10H2,1-2H3,(H2,21,26). The number of ether oxygens (including phenoxy) is 1. The van der Waals surface area contributed by atoms with Gasteiger partial charge in [0.2, 0.25) is 11.8 Å². The van der Waals surface area contributed by atoms with Gasteiger partial charge in [-0.2, -0.15) is 0 Å². The van der Waals surface area contributed by atoms with Crippen LogP contribution in [-0.2, 0) is 20.7 Å². The van der Waals surface area contributed by atoms with Gasteiger partial charge in [-0.1, -0.05) is 0 Å². The zero-order valence-electron chi connectivity index (χ0n) is 15.8. The molecule has 2 heterocycles. The van der Waals surface area contributed by atoms with Crippen molar-refractivity contribution in [1.82, 2.24) is 14.7 Å². The number of amides is 2. The van der Waals surface area contributed by atoms with Crippen LogP contribution in [0, 0.1) is 12.7 Å². The van der Waals surface area contributed by atoms with Gasteiger partial charge in [-0.3, -0.25) is 19.5 Å². The molecule has 0 bridgehead atoms. The van der Waals surface area contributed by atoms with Crippen molar-refractivity contribution in [2.45, 2.75) is 38.9 Å². The molecule has 3 rings (SSSR count). The zero-order valence-corrected chi connectivity index (χ0v) is 15.8. The first-order chi connectivity index (χ1) is 13.3. The Morgan fingerprint density at radius 1 is 1.29 bits per heavy atom. The van der Waals surface area contributed by atoms with E-state index in [1.54, 1.807) is 18.7 Å². The maximum Gasteiger partial charge on any atom is 0.274 e. The lowest BCUT2D eigenvalue weighted by Crippen LogP contribution is -2.53. The summed E-state index contributed by atoms with van der Waals surface area (Å²) in [5.41, 5.74) is 6.66. The Bertz CT molecular complexity index is 934. The van der Waals surface area contributed by atoms with E-state index in [9.17, 15) is 18.8 Å². The highest BCUT2D eigenvalue weighted by molar-refractivity contribution is 5.81. The largest absolute Gasteiger partial charge is 0.367 e. The van der Waals surface area contributed by atoms with Crippen LogP contribution < -0.4 is 11.3 Å². The van der Waals surface area contributed by atoms with E-state index in [1.807, 2.05) is 0 Å². The average Bonchev–Trinajstić information content (AvgIpc) is 2.93. The molecule has 1 aromatic heterocycles. The van der Waals surface area contributed by atoms with Gasteiger partial charge in [0.25, 0.3) is 5.56 Å². The number of nitrogens with two attached hydrogens (primary N) is 1. The van der Waals surface area contributed by atoms with Crippen molar-refractivity contribution >= 4 is 11.8 Å². The average molecular weight is 390 g/mol. The van der Waals surface area contributed by atoms with Gasteiger partial charge in [0, 0.05) is 24.2 Å². The SMILES string of the molecule is Cc1[nH]n(-c2ccc(F)cc2)c(=O)c1CCC(=O)N1CC(C)OC(C(N)=O)C1. The van der Waals surface area contributed by atoms with Gasteiger partial charge in [-0.15, -0.1) is 0 Å². The second-order valence-corrected chi connectivity index (χ2v) is 6.97. The summed E-state index contributed by atoms with van der Waals surface area (Å²) in [4.78, 5) is 38.2. The van der Waals surface area contributed by atoms with Gasteiger partial charge in [-0.05, 0) is 44.5 Å². The number of morpholine rings is 1. The molecule has 0 saturated carbocycles. The Labute approximate surface area is 161 Å². The van der Waals surface area contributed by atoms with Crippen LogP contribution in [0.3, 0.4) is 0 Å². The zero-order chi connectivity index (χ0) is 20.4. The number of aromatic amines is 1. The molecule has 8 nitrogen and oxygen atoms in total. The van der Waals surface area contributed by atoms with Crippen molar-refractivity contribution in [3.8, 4) is 5.69 Å². The Morgan fingerprint density at radius 3 is 2.61 bits per heavy atom. The van der Waals surface area contributed by atoms with Gasteiger partial charge in [-0.25, -0.2) is 9.07 Å². The summed E-state index contributed by atoms with van der Waals surface area (Å²) in [5, 5.41) is 2.96. The molecule has 150 valence electrons. The fourth-order valence-corrected chi connectivity index (χ4v) is 3.35. The first kappa shape index (κ1) is 19.8. The van der Waals surface area contributed by atoms with Crippen molar-refractivity contribution in [3.05, 3.63) is 51.7 Å². The fraction of sp³-hybridized carbons (Fsp3) is 0.421. The highest BCUT2D eigenvalue weighted by Crippen LogP contribution is 2.14. The quantitative estimate of drug-likeness (QED) is 0.781. The van der Waals surface area contributed by atoms with Crippen molar-refractivity contribution in [2.24, 2.45) is 5.73 Å². The lowest BCUT2D eigenvalue weighted by Gasteiger charge is -2.35. The summed E-state index contributed by atoms with van der Waals surface area (Å²) in [6.07, 6.45) is -0.742. The molecule has 28 heavy (non-hydrogen) atoms. The van der Waals surface area contributed by atoms with Crippen LogP contribution in [-0.4, -0.2) is 51.8 Å². The number of hydrogen-bond acceptors (Lipinski definition) is 4. The second-order valence-electron chi connectivity index (χ2n) is 6.97. The van der Waals surface area contributed by atoms with Gasteiger partial charge < -0.3 is 15.4 Å². The summed E-state index contributed by atoms with van der Waals surface area (Å²) < 4.78 is 19.9. The maximum absolute atomic E-state index is 13.1. The first-order valence-corrected chi connectivity index (χ1v) is 9.05. The van der Waals surface area contributed by atoms with Crippen molar-refractivity contribution in [2.75, 3.05) is 13.1 Å². The van der Waals surface area contributed by atoms with Crippen molar-refractivity contribution < 1.29 is 18.7 Å². The monoisotopic (exact) mass is 390 g/mol. The van der Waals surface area contributed by atoms with Crippen LogP contribution in [0.2, 0.25) is 0 Å². The molecule has 0 spiro atoms. The van der Waals surface area contributed by atoms with E-state index in [-0.39, 0.29) is 42.8 Å². The molecule has 2 amide bonds. The van der Waals surface area contributed by atoms with Gasteiger partial charge in [0.1, 0.15) is 5.82 Å². The number of carbonyl (C=O) groups is 2. The van der Waals surface area contributed by atoms with Crippen LogP contribution in [0.15, 0.2) is 29.1 Å². The second kappa shape index (κ2) is 7.97. The molecule has 2 unspecified atom stereocenters. The van der Waals surface area contributed by atoms with Crippen LogP contribution in [0.1, 0.15) is 24.6 Å². The smallest absolute Gasteiger partial charge is 0.274 e. The van der Waals surface area contributed by atoms with E-state index in [0.29, 0.717) is 23.5 Å². The molecule has 1 aliphatic heterocycles. The Hall–Kier alpha value is -2.94. The molecular weight excluding hydrogens is 367 g/mol. The van der Waals surface area contributed by atoms with E-state index in [2.05, 4.69) is 5.10 Å². The number of H-pyrrole nitrogens is 1. The maximum atomic E-state index is 13.1. The summed E-state index contributed by atoms with van der Waals surface area (Å²) in [6.45, 7) is 4.01. The summed E-state index contributed by atoms with van der Waals surface area (Å²) in [6, 6.07) is 5.55. The summed E-state index contributed by atoms with van der Waals surface area (Å²) in [5.74, 6) is -1.16. The molecule has 3 N–H and O–H groups in total. The van der Waals surface area contributed by atoms with Crippen LogP contribution >= 0.6 is 0 Å². The number of aromatic nitrogens is 2. The summed E-state index contributed by atoms with van der Waals surface area (Å²) in [7, 11) is 0. The Morgan fingerprint density at radius 2 is 1.96 bits per heavy atom. The molecule has 0 aliphatic carbocycles. The molecule has 1 aliphatic rings. The molecule has 1 fully saturated rings. The molecule has 2 aromatic rings. The lowest BCUT2D eigenvalue weighted by molar-refractivity contribution is -0.152. The van der Waals surface area contributed by atoms with E-state index in [4.69, 9.17) is 10.5 Å². The number of benzene rings is 1. The fourth-order valence-electron chi connectivity index (χ4n) is 3.35. The molecular formula is C19H23FN4O4. The van der Waals surface area contributed by atoms with Gasteiger partial charge in [0.15, 0.2) is 6.10 Å². The Balaban J connectivity index is 1.71. The van der Waals surface area contributed by atoms with Gasteiger partial charge in [0.05, 0.1) is 18.3 Å². The van der Waals surface area contributed by atoms with Crippen molar-refractivity contribution in [3.63, 3.8) is 0 Å². The predicted octanol–water partition coefficient (Wildman–Crippen LogP) is 0.647. The van der Waals surface area contributed by atoms with E-state index in [1.165, 1.54) is 28.9 Å². The highest BCUT2D eigenvalue weighted by Gasteiger charge is 2.31. The van der Waals surface area contributed by atoms with Crippen LogP contribution in [0.25, 0.3) is 5.69 Å². The van der Waals surface area contributed by atoms with Crippen LogP contribution in [0.4, 0.5) is 4.39 Å². The number of nitrogens with zero attached hydrogens (tertiary/aromatic N) is 2. The molecule has 2 atom stereocenters. The highest BCUT2D eigenvalue weighted by atomic mass is 19.1. The minimum Gasteiger partial charge on any atom is -0.367 e. The van der Waals surface area contributed by atoms with E-state index >= 15 is 0 Å². The number of carbonyl (C=O) groups excluding carboxylic acids is 2. The molecule has 1 saturated heterocycles.